The van der Waals surface area contributed by atoms with Crippen LogP contribution in [0.3, 0.4) is 0 Å². The van der Waals surface area contributed by atoms with Crippen molar-refractivity contribution < 1.29 is 9.53 Å². The first-order valence-electron chi connectivity index (χ1n) is 9.29. The van der Waals surface area contributed by atoms with Crippen molar-refractivity contribution in [1.29, 1.82) is 5.26 Å². The van der Waals surface area contributed by atoms with Crippen molar-refractivity contribution in [3.8, 4) is 11.8 Å². The van der Waals surface area contributed by atoms with Gasteiger partial charge in [-0.1, -0.05) is 19.1 Å². The molecule has 0 N–H and O–H groups in total. The molecule has 0 atom stereocenters. The monoisotopic (exact) mass is 384 g/mol. The summed E-state index contributed by atoms with van der Waals surface area (Å²) in [6.45, 7) is 7.05. The van der Waals surface area contributed by atoms with Crippen LogP contribution in [-0.2, 0) is 4.79 Å². The minimum absolute atomic E-state index is 0.173. The van der Waals surface area contributed by atoms with E-state index >= 15 is 0 Å². The van der Waals surface area contributed by atoms with Gasteiger partial charge in [0.1, 0.15) is 5.75 Å². The molecule has 6 nitrogen and oxygen atoms in total. The number of carbonyl (C=O) groups is 1. The number of hydrogen-bond donors (Lipinski definition) is 0. The van der Waals surface area contributed by atoms with Crippen molar-refractivity contribution in [3.63, 3.8) is 0 Å². The molecule has 0 unspecified atom stereocenters. The summed E-state index contributed by atoms with van der Waals surface area (Å²) in [4.78, 5) is 21.6. The van der Waals surface area contributed by atoms with E-state index in [4.69, 9.17) is 10.00 Å². The lowest BCUT2D eigenvalue weighted by molar-refractivity contribution is -0.113. The van der Waals surface area contributed by atoms with Crippen LogP contribution in [0, 0.1) is 11.3 Å². The lowest BCUT2D eigenvalue weighted by atomic mass is 10.2. The van der Waals surface area contributed by atoms with Crippen molar-refractivity contribution in [2.45, 2.75) is 19.8 Å². The molecule has 2 heterocycles. The summed E-state index contributed by atoms with van der Waals surface area (Å²) in [5.41, 5.74) is 0.965. The maximum Gasteiger partial charge on any atom is 0.286 e. The molecule has 0 aromatic heterocycles. The van der Waals surface area contributed by atoms with E-state index < -0.39 is 0 Å². The van der Waals surface area contributed by atoms with Gasteiger partial charge in [-0.3, -0.25) is 9.69 Å². The lowest BCUT2D eigenvalue weighted by Gasteiger charge is -2.34. The van der Waals surface area contributed by atoms with Gasteiger partial charge in [0.25, 0.3) is 5.91 Å². The Morgan fingerprint density at radius 2 is 2.00 bits per heavy atom. The van der Waals surface area contributed by atoms with Gasteiger partial charge in [0.15, 0.2) is 5.17 Å². The van der Waals surface area contributed by atoms with Crippen LogP contribution >= 0.6 is 11.8 Å². The van der Waals surface area contributed by atoms with Crippen molar-refractivity contribution in [1.82, 2.24) is 9.80 Å². The average Bonchev–Trinajstić information content (AvgIpc) is 3.06. The molecule has 1 aromatic rings. The van der Waals surface area contributed by atoms with Crippen LogP contribution in [0.15, 0.2) is 34.2 Å². The molecule has 3 rings (SSSR count). The number of nitriles is 1. The smallest absolute Gasteiger partial charge is 0.286 e. The predicted octanol–water partition coefficient (Wildman–Crippen LogP) is 2.98. The topological polar surface area (TPSA) is 68.9 Å². The number of rotatable bonds is 6. The Bertz CT molecular complexity index is 759. The molecule has 7 heteroatoms. The van der Waals surface area contributed by atoms with E-state index in [2.05, 4.69) is 27.8 Å². The van der Waals surface area contributed by atoms with Crippen LogP contribution in [0.4, 0.5) is 0 Å². The van der Waals surface area contributed by atoms with E-state index in [1.165, 1.54) is 11.8 Å². The first-order chi connectivity index (χ1) is 13.2. The molecule has 1 fully saturated rings. The van der Waals surface area contributed by atoms with Crippen LogP contribution in [0.5, 0.6) is 5.75 Å². The molecule has 0 spiro atoms. The Balaban J connectivity index is 1.56. The number of benzene rings is 1. The summed E-state index contributed by atoms with van der Waals surface area (Å²) in [5.74, 6) is 0.670. The Morgan fingerprint density at radius 1 is 1.26 bits per heavy atom. The maximum absolute atomic E-state index is 12.3. The van der Waals surface area contributed by atoms with E-state index in [1.807, 2.05) is 30.3 Å². The number of aliphatic imine (C=N–C) groups is 1. The quantitative estimate of drug-likeness (QED) is 0.703. The summed E-state index contributed by atoms with van der Waals surface area (Å²) < 4.78 is 5.59. The zero-order chi connectivity index (χ0) is 19.1. The Labute approximate surface area is 164 Å². The molecule has 1 aromatic carbocycles. The number of amides is 1. The zero-order valence-electron chi connectivity index (χ0n) is 15.6. The molecule has 0 saturated carbocycles. The third kappa shape index (κ3) is 5.34. The fraction of sp³-hybridized carbons (Fsp3) is 0.450. The highest BCUT2D eigenvalue weighted by molar-refractivity contribution is 8.18. The van der Waals surface area contributed by atoms with E-state index in [-0.39, 0.29) is 5.91 Å². The lowest BCUT2D eigenvalue weighted by Crippen LogP contribution is -2.47. The first-order valence-corrected chi connectivity index (χ1v) is 10.1. The third-order valence-electron chi connectivity index (χ3n) is 4.44. The maximum atomic E-state index is 12.3. The Morgan fingerprint density at radius 3 is 2.67 bits per heavy atom. The van der Waals surface area contributed by atoms with Crippen molar-refractivity contribution in [2.24, 2.45) is 4.99 Å². The van der Waals surface area contributed by atoms with Crippen molar-refractivity contribution >= 4 is 28.9 Å². The van der Waals surface area contributed by atoms with Gasteiger partial charge < -0.3 is 9.64 Å². The largest absolute Gasteiger partial charge is 0.494 e. The first kappa shape index (κ1) is 19.5. The highest BCUT2D eigenvalue weighted by atomic mass is 32.2. The normalized spacial score (nSPS) is 19.3. The number of ether oxygens (including phenoxy) is 1. The molecular weight excluding hydrogens is 360 g/mol. The molecule has 0 aliphatic carbocycles. The Kier molecular flexibility index (Phi) is 6.91. The molecule has 1 amide bonds. The molecule has 0 radical (unpaired) electrons. The van der Waals surface area contributed by atoms with Gasteiger partial charge in [-0.25, -0.2) is 0 Å². The fourth-order valence-electron chi connectivity index (χ4n) is 2.94. The van der Waals surface area contributed by atoms with Gasteiger partial charge in [0, 0.05) is 39.1 Å². The van der Waals surface area contributed by atoms with Crippen molar-refractivity contribution in [2.75, 3.05) is 39.3 Å². The molecule has 2 aliphatic heterocycles. The SMILES string of the molecule is CCCOc1ccc(/C=C2/SC(N3CCN(CCC#N)CC3)=NC2=O)cc1. The minimum Gasteiger partial charge on any atom is -0.494 e. The number of hydrogen-bond acceptors (Lipinski definition) is 6. The van der Waals surface area contributed by atoms with Crippen LogP contribution < -0.4 is 4.74 Å². The second-order valence-corrected chi connectivity index (χ2v) is 7.47. The van der Waals surface area contributed by atoms with Gasteiger partial charge in [0.05, 0.1) is 17.6 Å². The van der Waals surface area contributed by atoms with Gasteiger partial charge in [-0.2, -0.15) is 10.3 Å². The van der Waals surface area contributed by atoms with Crippen LogP contribution in [0.2, 0.25) is 0 Å². The molecule has 0 bridgehead atoms. The molecule has 2 aliphatic rings. The van der Waals surface area contributed by atoms with E-state index in [1.54, 1.807) is 0 Å². The standard InChI is InChI=1S/C20H24N4O2S/c1-2-14-26-17-6-4-16(5-7-17)15-18-19(25)22-20(27-18)24-12-10-23(11-13-24)9-3-8-21/h4-7,15H,2-3,9-14H2,1H3/b18-15+. The number of nitrogens with zero attached hydrogens (tertiary/aromatic N) is 4. The van der Waals surface area contributed by atoms with Crippen LogP contribution in [0.1, 0.15) is 25.3 Å². The summed E-state index contributed by atoms with van der Waals surface area (Å²) in [6.07, 6.45) is 3.42. The number of amidine groups is 1. The number of thioether (sulfide) groups is 1. The van der Waals surface area contributed by atoms with Gasteiger partial charge in [-0.05, 0) is 42.0 Å². The second kappa shape index (κ2) is 9.58. The average molecular weight is 385 g/mol. The van der Waals surface area contributed by atoms with Gasteiger partial charge in [0.2, 0.25) is 0 Å². The second-order valence-electron chi connectivity index (χ2n) is 6.46. The van der Waals surface area contributed by atoms with E-state index in [0.29, 0.717) is 17.9 Å². The van der Waals surface area contributed by atoms with Crippen LogP contribution in [-0.4, -0.2) is 60.2 Å². The molecular formula is C20H24N4O2S. The number of piperazine rings is 1. The summed E-state index contributed by atoms with van der Waals surface area (Å²) >= 11 is 1.44. The van der Waals surface area contributed by atoms with E-state index in [9.17, 15) is 4.79 Å². The third-order valence-corrected chi connectivity index (χ3v) is 5.49. The van der Waals surface area contributed by atoms with Gasteiger partial charge >= 0.3 is 0 Å². The van der Waals surface area contributed by atoms with Crippen LogP contribution in [0.25, 0.3) is 6.08 Å². The molecule has 27 heavy (non-hydrogen) atoms. The van der Waals surface area contributed by atoms with Crippen molar-refractivity contribution in [3.05, 3.63) is 34.7 Å². The summed E-state index contributed by atoms with van der Waals surface area (Å²) in [6, 6.07) is 9.95. The predicted molar refractivity (Wildman–Crippen MR) is 108 cm³/mol. The number of carbonyl (C=O) groups excluding carboxylic acids is 1. The summed E-state index contributed by atoms with van der Waals surface area (Å²) in [7, 11) is 0. The Hall–Kier alpha value is -2.30. The minimum atomic E-state index is -0.173. The van der Waals surface area contributed by atoms with Gasteiger partial charge in [-0.15, -0.1) is 0 Å². The molecule has 142 valence electrons. The molecule has 1 saturated heterocycles. The highest BCUT2D eigenvalue weighted by Gasteiger charge is 2.28. The fourth-order valence-corrected chi connectivity index (χ4v) is 3.90. The zero-order valence-corrected chi connectivity index (χ0v) is 16.4. The highest BCUT2D eigenvalue weighted by Crippen LogP contribution is 2.31. The van der Waals surface area contributed by atoms with E-state index in [0.717, 1.165) is 55.6 Å². The summed E-state index contributed by atoms with van der Waals surface area (Å²) in [5, 5.41) is 9.48.